The normalized spacial score (nSPS) is 12.8. The van der Waals surface area contributed by atoms with Crippen LogP contribution in [-0.4, -0.2) is 6.71 Å². The number of rotatable bonds is 5. The maximum atomic E-state index is 6.24. The third-order valence-electron chi connectivity index (χ3n) is 10.8. The average molecular weight is 678 g/mol. The molecule has 1 aromatic heterocycles. The Balaban J connectivity index is 1.16. The van der Waals surface area contributed by atoms with Gasteiger partial charge in [0, 0.05) is 62.0 Å². The van der Waals surface area contributed by atoms with E-state index in [0.717, 1.165) is 50.4 Å². The lowest BCUT2D eigenvalue weighted by atomic mass is 9.33. The summed E-state index contributed by atoms with van der Waals surface area (Å²) in [5, 5.41) is 2.22. The van der Waals surface area contributed by atoms with E-state index in [1.54, 1.807) is 0 Å². The molecule has 9 aromatic rings. The van der Waals surface area contributed by atoms with Gasteiger partial charge in [-0.1, -0.05) is 103 Å². The van der Waals surface area contributed by atoms with Gasteiger partial charge < -0.3 is 19.1 Å². The van der Waals surface area contributed by atoms with E-state index in [4.69, 9.17) is 4.42 Å². The van der Waals surface area contributed by atoms with Crippen molar-refractivity contribution in [2.45, 2.75) is 0 Å². The summed E-state index contributed by atoms with van der Waals surface area (Å²) in [7, 11) is 0. The highest BCUT2D eigenvalue weighted by Crippen LogP contribution is 2.46. The van der Waals surface area contributed by atoms with E-state index in [2.05, 4.69) is 197 Å². The number of furan rings is 1. The molecule has 8 aromatic carbocycles. The van der Waals surface area contributed by atoms with Crippen LogP contribution in [0.15, 0.2) is 199 Å². The standard InChI is InChI=1S/C48H32BN3O/c1-4-15-33(16-5-1)50(36-28-30-47-39(31-36)38-21-10-13-26-46(38)53-47)37-27-29-41-45(32-37)52(35-19-8-3-9-20-35)44-25-14-24-43-48(44)49(41)40-22-11-12-23-42(40)51(43)34-17-6-2-7-18-34/h1-32H. The molecule has 0 bridgehead atoms. The van der Waals surface area contributed by atoms with Crippen molar-refractivity contribution in [3.05, 3.63) is 194 Å². The first-order valence-corrected chi connectivity index (χ1v) is 18.1. The van der Waals surface area contributed by atoms with Crippen LogP contribution in [0.4, 0.5) is 51.2 Å². The molecule has 3 heterocycles. The summed E-state index contributed by atoms with van der Waals surface area (Å²) in [6.07, 6.45) is 0. The minimum Gasteiger partial charge on any atom is -0.456 e. The molecule has 0 fully saturated rings. The van der Waals surface area contributed by atoms with Crippen LogP contribution in [0.2, 0.25) is 0 Å². The Morgan fingerprint density at radius 3 is 1.68 bits per heavy atom. The quantitative estimate of drug-likeness (QED) is 0.169. The molecule has 0 radical (unpaired) electrons. The van der Waals surface area contributed by atoms with Gasteiger partial charge in [0.1, 0.15) is 11.2 Å². The summed E-state index contributed by atoms with van der Waals surface area (Å²) in [4.78, 5) is 7.25. The first-order valence-electron chi connectivity index (χ1n) is 18.1. The molecular weight excluding hydrogens is 645 g/mol. The number of hydrogen-bond donors (Lipinski definition) is 0. The van der Waals surface area contributed by atoms with E-state index in [1.165, 1.54) is 39.1 Å². The van der Waals surface area contributed by atoms with Crippen molar-refractivity contribution in [1.82, 2.24) is 0 Å². The molecule has 2 aliphatic heterocycles. The Bertz CT molecular complexity index is 2820. The Kier molecular flexibility index (Phi) is 6.61. The summed E-state index contributed by atoms with van der Waals surface area (Å²) >= 11 is 0. The molecule has 0 saturated heterocycles. The summed E-state index contributed by atoms with van der Waals surface area (Å²) < 4.78 is 6.24. The number of para-hydroxylation sites is 5. The van der Waals surface area contributed by atoms with E-state index in [1.807, 2.05) is 12.1 Å². The molecule has 0 aliphatic carbocycles. The third-order valence-corrected chi connectivity index (χ3v) is 10.8. The summed E-state index contributed by atoms with van der Waals surface area (Å²) in [5.41, 5.74) is 16.0. The van der Waals surface area contributed by atoms with Gasteiger partial charge in [0.25, 0.3) is 6.71 Å². The van der Waals surface area contributed by atoms with E-state index in [9.17, 15) is 0 Å². The van der Waals surface area contributed by atoms with Crippen molar-refractivity contribution in [3.63, 3.8) is 0 Å². The van der Waals surface area contributed by atoms with Gasteiger partial charge in [-0.3, -0.25) is 0 Å². The van der Waals surface area contributed by atoms with Gasteiger partial charge >= 0.3 is 0 Å². The summed E-state index contributed by atoms with van der Waals surface area (Å²) in [6.45, 7) is 0.0557. The van der Waals surface area contributed by atoms with Crippen LogP contribution >= 0.6 is 0 Å². The fourth-order valence-corrected chi connectivity index (χ4v) is 8.60. The highest BCUT2D eigenvalue weighted by atomic mass is 16.3. The maximum absolute atomic E-state index is 6.24. The number of nitrogens with zero attached hydrogens (tertiary/aromatic N) is 3. The van der Waals surface area contributed by atoms with Gasteiger partial charge in [-0.05, 0) is 107 Å². The molecular formula is C48H32BN3O. The Morgan fingerprint density at radius 1 is 0.377 bits per heavy atom. The summed E-state index contributed by atoms with van der Waals surface area (Å²) in [5.74, 6) is 0. The predicted molar refractivity (Wildman–Crippen MR) is 222 cm³/mol. The van der Waals surface area contributed by atoms with E-state index < -0.39 is 0 Å². The zero-order chi connectivity index (χ0) is 34.9. The molecule has 0 atom stereocenters. The maximum Gasteiger partial charge on any atom is 0.252 e. The highest BCUT2D eigenvalue weighted by Gasteiger charge is 2.43. The number of benzene rings is 8. The molecule has 0 amide bonds. The lowest BCUT2D eigenvalue weighted by Crippen LogP contribution is -2.61. The minimum absolute atomic E-state index is 0.0557. The van der Waals surface area contributed by atoms with Gasteiger partial charge in [-0.15, -0.1) is 0 Å². The highest BCUT2D eigenvalue weighted by molar-refractivity contribution is 7.00. The van der Waals surface area contributed by atoms with Gasteiger partial charge in [-0.25, -0.2) is 0 Å². The monoisotopic (exact) mass is 677 g/mol. The molecule has 5 heteroatoms. The molecule has 11 rings (SSSR count). The second-order valence-corrected chi connectivity index (χ2v) is 13.7. The van der Waals surface area contributed by atoms with Crippen LogP contribution in [-0.2, 0) is 0 Å². The Hall–Kier alpha value is -6.98. The molecule has 4 nitrogen and oxygen atoms in total. The molecule has 2 aliphatic rings. The Morgan fingerprint density at radius 2 is 0.925 bits per heavy atom. The van der Waals surface area contributed by atoms with Crippen molar-refractivity contribution in [2.24, 2.45) is 0 Å². The van der Waals surface area contributed by atoms with Crippen molar-refractivity contribution in [1.29, 1.82) is 0 Å². The van der Waals surface area contributed by atoms with E-state index in [0.29, 0.717) is 0 Å². The van der Waals surface area contributed by atoms with Crippen molar-refractivity contribution < 1.29 is 4.42 Å². The van der Waals surface area contributed by atoms with Crippen molar-refractivity contribution >= 4 is 96.2 Å². The molecule has 53 heavy (non-hydrogen) atoms. The SMILES string of the molecule is c1ccc(N(c2ccc3c(c2)N(c2ccccc2)c2cccc4c2B3c2ccccc2N4c2ccccc2)c2ccc3oc4ccccc4c3c2)cc1. The molecule has 0 unspecified atom stereocenters. The second-order valence-electron chi connectivity index (χ2n) is 13.7. The van der Waals surface area contributed by atoms with E-state index >= 15 is 0 Å². The van der Waals surface area contributed by atoms with Crippen LogP contribution in [0.25, 0.3) is 21.9 Å². The zero-order valence-electron chi connectivity index (χ0n) is 28.8. The first-order chi connectivity index (χ1) is 26.3. The minimum atomic E-state index is 0.0557. The number of hydrogen-bond acceptors (Lipinski definition) is 4. The molecule has 0 spiro atoms. The molecule has 0 N–H and O–H groups in total. The number of anilines is 9. The predicted octanol–water partition coefficient (Wildman–Crippen LogP) is 11.1. The van der Waals surface area contributed by atoms with Crippen LogP contribution in [0.1, 0.15) is 0 Å². The first kappa shape index (κ1) is 29.7. The van der Waals surface area contributed by atoms with Crippen LogP contribution in [0.3, 0.4) is 0 Å². The van der Waals surface area contributed by atoms with Crippen molar-refractivity contribution in [2.75, 3.05) is 14.7 Å². The zero-order valence-corrected chi connectivity index (χ0v) is 28.8. The van der Waals surface area contributed by atoms with E-state index in [-0.39, 0.29) is 6.71 Å². The average Bonchev–Trinajstić information content (AvgIpc) is 3.60. The molecule has 248 valence electrons. The van der Waals surface area contributed by atoms with Gasteiger partial charge in [-0.2, -0.15) is 0 Å². The lowest BCUT2D eigenvalue weighted by Gasteiger charge is -2.44. The van der Waals surface area contributed by atoms with Gasteiger partial charge in [0.05, 0.1) is 0 Å². The second kappa shape index (κ2) is 11.8. The van der Waals surface area contributed by atoms with Gasteiger partial charge in [0.15, 0.2) is 0 Å². The number of fused-ring (bicyclic) bond motifs is 7. The summed E-state index contributed by atoms with van der Waals surface area (Å²) in [6, 6.07) is 69.7. The van der Waals surface area contributed by atoms with Crippen LogP contribution < -0.4 is 31.1 Å². The van der Waals surface area contributed by atoms with Gasteiger partial charge in [0.2, 0.25) is 0 Å². The van der Waals surface area contributed by atoms with Crippen LogP contribution in [0, 0.1) is 0 Å². The smallest absolute Gasteiger partial charge is 0.252 e. The fraction of sp³-hybridized carbons (Fsp3) is 0. The van der Waals surface area contributed by atoms with Crippen molar-refractivity contribution in [3.8, 4) is 0 Å². The molecule has 0 saturated carbocycles. The van der Waals surface area contributed by atoms with Crippen LogP contribution in [0.5, 0.6) is 0 Å². The fourth-order valence-electron chi connectivity index (χ4n) is 8.60. The largest absolute Gasteiger partial charge is 0.456 e. The third kappa shape index (κ3) is 4.57. The topological polar surface area (TPSA) is 22.9 Å². The lowest BCUT2D eigenvalue weighted by molar-refractivity contribution is 0.669. The Labute approximate surface area is 308 Å².